The van der Waals surface area contributed by atoms with Gasteiger partial charge >= 0.3 is 0 Å². The number of hydrogen-bond acceptors (Lipinski definition) is 5. The van der Waals surface area contributed by atoms with Crippen LogP contribution in [0.25, 0.3) is 11.0 Å². The monoisotopic (exact) mass is 435 g/mol. The molecule has 3 heterocycles. The number of aromatic nitrogens is 3. The lowest BCUT2D eigenvalue weighted by Crippen LogP contribution is -2.26. The Morgan fingerprint density at radius 1 is 1.38 bits per heavy atom. The second-order valence-electron chi connectivity index (χ2n) is 7.10. The third kappa shape index (κ3) is 4.64. The number of rotatable bonds is 5. The van der Waals surface area contributed by atoms with Crippen molar-refractivity contribution < 1.29 is 18.3 Å². The molecule has 0 aliphatic carbocycles. The van der Waals surface area contributed by atoms with Crippen LogP contribution in [-0.4, -0.2) is 51.7 Å². The Bertz CT molecular complexity index is 1240. The molecule has 1 aliphatic rings. The summed E-state index contributed by atoms with van der Waals surface area (Å²) in [6, 6.07) is 5.24. The molecule has 3 aromatic rings. The van der Waals surface area contributed by atoms with E-state index in [2.05, 4.69) is 38.4 Å². The number of halogens is 2. The fourth-order valence-electron chi connectivity index (χ4n) is 3.37. The van der Waals surface area contributed by atoms with Crippen LogP contribution < -0.4 is 4.74 Å². The summed E-state index contributed by atoms with van der Waals surface area (Å²) in [5.74, 6) is 4.07. The fraction of sp³-hybridized carbons (Fsp3) is 0.217. The number of amides is 1. The number of ether oxygens (including phenoxy) is 1. The summed E-state index contributed by atoms with van der Waals surface area (Å²) in [5.41, 5.74) is 1.10. The minimum Gasteiger partial charge on any atom is -0.475 e. The van der Waals surface area contributed by atoms with Gasteiger partial charge in [0.15, 0.2) is 23.2 Å². The van der Waals surface area contributed by atoms with E-state index in [-0.39, 0.29) is 18.4 Å². The van der Waals surface area contributed by atoms with Crippen molar-refractivity contribution in [3.63, 3.8) is 0 Å². The number of aliphatic imine (C=N–C) groups is 1. The number of carbonyl (C=O) groups excluding carboxylic acids is 1. The maximum Gasteiger partial charge on any atom is 0.245 e. The SMILES string of the molecule is C=CC(=O)N1CCC(C=Nc2ncnc3[nH]c(C#CCOc4c(F)cccc4F)cc23)C1. The molecule has 1 aliphatic heterocycles. The van der Waals surface area contributed by atoms with Crippen molar-refractivity contribution in [2.45, 2.75) is 6.42 Å². The predicted octanol–water partition coefficient (Wildman–Crippen LogP) is 3.40. The Kier molecular flexibility index (Phi) is 6.22. The number of para-hydroxylation sites is 1. The highest BCUT2D eigenvalue weighted by atomic mass is 19.1. The molecule has 1 saturated heterocycles. The molecule has 9 heteroatoms. The molecule has 1 aromatic carbocycles. The second kappa shape index (κ2) is 9.39. The Morgan fingerprint density at radius 3 is 2.97 bits per heavy atom. The molecule has 1 atom stereocenters. The van der Waals surface area contributed by atoms with Gasteiger partial charge in [0.25, 0.3) is 0 Å². The summed E-state index contributed by atoms with van der Waals surface area (Å²) in [4.78, 5) is 29.4. The molecule has 32 heavy (non-hydrogen) atoms. The first-order valence-electron chi connectivity index (χ1n) is 9.90. The maximum absolute atomic E-state index is 13.6. The minimum absolute atomic E-state index is 0.0825. The molecule has 1 unspecified atom stereocenters. The van der Waals surface area contributed by atoms with Crippen LogP contribution in [0.1, 0.15) is 12.1 Å². The predicted molar refractivity (Wildman–Crippen MR) is 116 cm³/mol. The third-order valence-electron chi connectivity index (χ3n) is 4.95. The number of fused-ring (bicyclic) bond motifs is 1. The first kappa shape index (κ1) is 21.2. The highest BCUT2D eigenvalue weighted by molar-refractivity contribution is 5.89. The van der Waals surface area contributed by atoms with E-state index in [9.17, 15) is 13.6 Å². The summed E-state index contributed by atoms with van der Waals surface area (Å²) >= 11 is 0. The Balaban J connectivity index is 1.44. The van der Waals surface area contributed by atoms with Crippen molar-refractivity contribution in [3.8, 4) is 17.6 Å². The molecule has 1 fully saturated rings. The van der Waals surface area contributed by atoms with Crippen LogP contribution in [-0.2, 0) is 4.79 Å². The van der Waals surface area contributed by atoms with Crippen LogP contribution in [0.2, 0.25) is 0 Å². The molecule has 0 saturated carbocycles. The zero-order valence-electron chi connectivity index (χ0n) is 17.0. The number of nitrogens with zero attached hydrogens (tertiary/aromatic N) is 4. The van der Waals surface area contributed by atoms with Gasteiger partial charge in [-0.25, -0.2) is 23.7 Å². The lowest BCUT2D eigenvalue weighted by molar-refractivity contribution is -0.125. The molecular weight excluding hydrogens is 416 g/mol. The smallest absolute Gasteiger partial charge is 0.245 e. The van der Waals surface area contributed by atoms with Gasteiger partial charge in [0.2, 0.25) is 5.91 Å². The highest BCUT2D eigenvalue weighted by Gasteiger charge is 2.23. The topological polar surface area (TPSA) is 83.5 Å². The van der Waals surface area contributed by atoms with Crippen molar-refractivity contribution in [3.05, 3.63) is 60.6 Å². The largest absolute Gasteiger partial charge is 0.475 e. The van der Waals surface area contributed by atoms with Gasteiger partial charge in [0.1, 0.15) is 18.6 Å². The van der Waals surface area contributed by atoms with Crippen molar-refractivity contribution in [2.24, 2.45) is 10.9 Å². The van der Waals surface area contributed by atoms with E-state index < -0.39 is 17.4 Å². The van der Waals surface area contributed by atoms with Gasteiger partial charge in [-0.3, -0.25) is 4.79 Å². The van der Waals surface area contributed by atoms with Crippen molar-refractivity contribution >= 4 is 29.0 Å². The van der Waals surface area contributed by atoms with Crippen LogP contribution >= 0.6 is 0 Å². The van der Waals surface area contributed by atoms with E-state index >= 15 is 0 Å². The van der Waals surface area contributed by atoms with Crippen LogP contribution in [0, 0.1) is 29.4 Å². The first-order valence-corrected chi connectivity index (χ1v) is 9.90. The van der Waals surface area contributed by atoms with Crippen LogP contribution in [0.5, 0.6) is 5.75 Å². The summed E-state index contributed by atoms with van der Waals surface area (Å²) < 4.78 is 32.2. The van der Waals surface area contributed by atoms with Gasteiger partial charge < -0.3 is 14.6 Å². The Labute approximate surface area is 182 Å². The van der Waals surface area contributed by atoms with E-state index in [0.29, 0.717) is 35.6 Å². The number of hydrogen-bond donors (Lipinski definition) is 1. The zero-order valence-corrected chi connectivity index (χ0v) is 17.0. The summed E-state index contributed by atoms with van der Waals surface area (Å²) in [6.07, 6.45) is 5.33. The minimum atomic E-state index is -0.783. The van der Waals surface area contributed by atoms with Gasteiger partial charge in [0, 0.05) is 25.2 Å². The van der Waals surface area contributed by atoms with Gasteiger partial charge in [-0.2, -0.15) is 0 Å². The first-order chi connectivity index (χ1) is 15.5. The molecule has 0 radical (unpaired) electrons. The lowest BCUT2D eigenvalue weighted by Gasteiger charge is -2.12. The molecular formula is C23H19F2N5O2. The van der Waals surface area contributed by atoms with E-state index in [1.54, 1.807) is 17.2 Å². The maximum atomic E-state index is 13.6. The summed E-state index contributed by atoms with van der Waals surface area (Å²) in [6.45, 7) is 4.59. The van der Waals surface area contributed by atoms with E-state index in [4.69, 9.17) is 4.74 Å². The summed E-state index contributed by atoms with van der Waals surface area (Å²) in [7, 11) is 0. The second-order valence-corrected chi connectivity index (χ2v) is 7.10. The molecule has 0 spiro atoms. The number of aromatic amines is 1. The molecule has 1 amide bonds. The summed E-state index contributed by atoms with van der Waals surface area (Å²) in [5, 5.41) is 0.686. The van der Waals surface area contributed by atoms with E-state index in [1.165, 1.54) is 18.5 Å². The van der Waals surface area contributed by atoms with Crippen LogP contribution in [0.4, 0.5) is 14.6 Å². The van der Waals surface area contributed by atoms with Crippen molar-refractivity contribution in [1.82, 2.24) is 19.9 Å². The number of likely N-dealkylation sites (tertiary alicyclic amines) is 1. The van der Waals surface area contributed by atoms with Gasteiger partial charge in [-0.15, -0.1) is 0 Å². The van der Waals surface area contributed by atoms with E-state index in [1.807, 2.05) is 0 Å². The van der Waals surface area contributed by atoms with Crippen LogP contribution in [0.3, 0.4) is 0 Å². The fourth-order valence-corrected chi connectivity index (χ4v) is 3.37. The van der Waals surface area contributed by atoms with Gasteiger partial charge in [-0.05, 0) is 36.6 Å². The molecule has 7 nitrogen and oxygen atoms in total. The van der Waals surface area contributed by atoms with E-state index in [0.717, 1.165) is 18.6 Å². The quantitative estimate of drug-likeness (QED) is 0.378. The number of benzene rings is 1. The molecule has 162 valence electrons. The van der Waals surface area contributed by atoms with Crippen molar-refractivity contribution in [1.29, 1.82) is 0 Å². The molecule has 1 N–H and O–H groups in total. The average molecular weight is 435 g/mol. The van der Waals surface area contributed by atoms with Gasteiger partial charge in [0.05, 0.1) is 11.1 Å². The Morgan fingerprint density at radius 2 is 2.19 bits per heavy atom. The standard InChI is InChI=1S/C23H19F2N5O2/c1-2-20(31)30-9-8-15(13-30)12-26-22-17-11-16(29-23(17)28-14-27-22)5-4-10-32-21-18(24)6-3-7-19(21)25/h2-3,6-7,11-12,14-15H,1,8-10,13H2,(H,27,28,29). The molecule has 4 rings (SSSR count). The third-order valence-corrected chi connectivity index (χ3v) is 4.95. The lowest BCUT2D eigenvalue weighted by atomic mass is 10.1. The number of nitrogens with one attached hydrogen (secondary N) is 1. The zero-order chi connectivity index (χ0) is 22.5. The molecule has 2 aromatic heterocycles. The van der Waals surface area contributed by atoms with Gasteiger partial charge in [-0.1, -0.05) is 18.6 Å². The van der Waals surface area contributed by atoms with Crippen LogP contribution in [0.15, 0.2) is 48.2 Å². The Hall–Kier alpha value is -4.06. The molecule has 0 bridgehead atoms. The normalized spacial score (nSPS) is 15.7. The number of carbonyl (C=O) groups is 1. The average Bonchev–Trinajstić information content (AvgIpc) is 3.43. The highest BCUT2D eigenvalue weighted by Crippen LogP contribution is 2.24. The van der Waals surface area contributed by atoms with Crippen molar-refractivity contribution in [2.75, 3.05) is 19.7 Å². The number of H-pyrrole nitrogens is 1.